The Morgan fingerprint density at radius 3 is 2.04 bits per heavy atom. The molecule has 0 spiro atoms. The quantitative estimate of drug-likeness (QED) is 0.261. The van der Waals surface area contributed by atoms with Gasteiger partial charge < -0.3 is 20.0 Å². The molecule has 6 amide bonds. The first kappa shape index (κ1) is 30.9. The van der Waals surface area contributed by atoms with Crippen LogP contribution in [0.25, 0.3) is 0 Å². The van der Waals surface area contributed by atoms with Gasteiger partial charge in [0.05, 0.1) is 35.0 Å². The Hall–Kier alpha value is -5.77. The van der Waals surface area contributed by atoms with Crippen molar-refractivity contribution in [3.8, 4) is 0 Å². The molecule has 1 aliphatic carbocycles. The standard InChI is InChI=1S/C38H35N5O5/c1-40(22-25-10-3-2-4-11-25)38(48)39-27-20-18-26(19-21-27)23-41-32-15-7-8-16-33(32)43(31-17-9-14-30(31)37(41)47)34(44)24-42-35(45)28-12-5-6-13-29(28)36(42)46/h2-8,10-13,15-16,18-21,30-31H,9,14,17,22-24H2,1H3,(H,39,48)/t30-,31+/m0/s1. The Labute approximate surface area is 278 Å². The number of hydrogen-bond donors (Lipinski definition) is 1. The normalized spacial score (nSPS) is 18.3. The molecule has 48 heavy (non-hydrogen) atoms. The highest BCUT2D eigenvalue weighted by atomic mass is 16.2. The molecule has 1 N–H and O–H groups in total. The van der Waals surface area contributed by atoms with Crippen molar-refractivity contribution in [1.82, 2.24) is 9.80 Å². The number of benzene rings is 4. The zero-order valence-corrected chi connectivity index (χ0v) is 26.5. The molecule has 4 aromatic rings. The van der Waals surface area contributed by atoms with E-state index >= 15 is 0 Å². The summed E-state index contributed by atoms with van der Waals surface area (Å²) in [6.07, 6.45) is 2.05. The fraction of sp³-hybridized carbons (Fsp3) is 0.237. The van der Waals surface area contributed by atoms with Crippen molar-refractivity contribution < 1.29 is 24.0 Å². The van der Waals surface area contributed by atoms with Crippen molar-refractivity contribution in [3.63, 3.8) is 0 Å². The van der Waals surface area contributed by atoms with Gasteiger partial charge in [-0.15, -0.1) is 0 Å². The molecule has 4 aromatic carbocycles. The Morgan fingerprint density at radius 1 is 0.729 bits per heavy atom. The average Bonchev–Trinajstić information content (AvgIpc) is 3.65. The van der Waals surface area contributed by atoms with Gasteiger partial charge in [-0.3, -0.25) is 24.1 Å². The molecule has 0 aromatic heterocycles. The minimum absolute atomic E-state index is 0.0686. The molecule has 2 heterocycles. The zero-order chi connectivity index (χ0) is 33.4. The minimum atomic E-state index is -0.491. The molecule has 1 fully saturated rings. The van der Waals surface area contributed by atoms with E-state index in [1.165, 1.54) is 0 Å². The number of fused-ring (bicyclic) bond motifs is 3. The molecule has 242 valence electrons. The van der Waals surface area contributed by atoms with Crippen molar-refractivity contribution in [2.24, 2.45) is 5.92 Å². The number of anilines is 3. The molecule has 0 saturated heterocycles. The van der Waals surface area contributed by atoms with Crippen LogP contribution in [0.2, 0.25) is 0 Å². The molecule has 10 nitrogen and oxygen atoms in total. The lowest BCUT2D eigenvalue weighted by molar-refractivity contribution is -0.123. The van der Waals surface area contributed by atoms with Gasteiger partial charge in [0.1, 0.15) is 6.54 Å². The SMILES string of the molecule is CN(Cc1ccccc1)C(=O)Nc1ccc(CN2C(=O)[C@H]3CCC[C@H]3N(C(=O)CN3C(=O)c4ccccc4C3=O)c3ccccc32)cc1. The fourth-order valence-corrected chi connectivity index (χ4v) is 7.03. The van der Waals surface area contributed by atoms with Gasteiger partial charge in [0.15, 0.2) is 0 Å². The number of urea groups is 1. The lowest BCUT2D eigenvalue weighted by Crippen LogP contribution is -2.49. The summed E-state index contributed by atoms with van der Waals surface area (Å²) in [4.78, 5) is 73.4. The van der Waals surface area contributed by atoms with Gasteiger partial charge in [-0.25, -0.2) is 4.79 Å². The highest BCUT2D eigenvalue weighted by Gasteiger charge is 2.47. The van der Waals surface area contributed by atoms with Crippen LogP contribution in [-0.4, -0.2) is 59.1 Å². The van der Waals surface area contributed by atoms with E-state index in [4.69, 9.17) is 0 Å². The van der Waals surface area contributed by atoms with E-state index in [2.05, 4.69) is 5.32 Å². The van der Waals surface area contributed by atoms with Crippen LogP contribution in [0.5, 0.6) is 0 Å². The lowest BCUT2D eigenvalue weighted by Gasteiger charge is -2.31. The molecular formula is C38H35N5O5. The van der Waals surface area contributed by atoms with E-state index in [-0.39, 0.29) is 29.6 Å². The van der Waals surface area contributed by atoms with E-state index < -0.39 is 36.2 Å². The predicted molar refractivity (Wildman–Crippen MR) is 181 cm³/mol. The third-order valence-corrected chi connectivity index (χ3v) is 9.42. The largest absolute Gasteiger partial charge is 0.323 e. The van der Waals surface area contributed by atoms with Crippen molar-refractivity contribution in [3.05, 3.63) is 125 Å². The lowest BCUT2D eigenvalue weighted by atomic mass is 10.0. The van der Waals surface area contributed by atoms with E-state index in [1.807, 2.05) is 78.9 Å². The Morgan fingerprint density at radius 2 is 1.35 bits per heavy atom. The van der Waals surface area contributed by atoms with E-state index in [1.54, 1.807) is 46.0 Å². The summed E-state index contributed by atoms with van der Waals surface area (Å²) in [5, 5.41) is 2.93. The van der Waals surface area contributed by atoms with Crippen LogP contribution < -0.4 is 15.1 Å². The molecule has 0 unspecified atom stereocenters. The highest BCUT2D eigenvalue weighted by Crippen LogP contribution is 2.43. The molecule has 2 atom stereocenters. The Balaban J connectivity index is 1.10. The van der Waals surface area contributed by atoms with E-state index in [0.717, 1.165) is 22.4 Å². The number of rotatable bonds is 7. The van der Waals surface area contributed by atoms with Crippen molar-refractivity contribution in [2.45, 2.75) is 38.4 Å². The van der Waals surface area contributed by atoms with Crippen LogP contribution in [0.1, 0.15) is 51.1 Å². The summed E-state index contributed by atoms with van der Waals surface area (Å²) in [5.41, 5.74) is 4.26. The van der Waals surface area contributed by atoms with Gasteiger partial charge in [-0.1, -0.05) is 73.2 Å². The predicted octanol–water partition coefficient (Wildman–Crippen LogP) is 5.70. The second-order valence-electron chi connectivity index (χ2n) is 12.5. The molecule has 1 saturated carbocycles. The smallest absolute Gasteiger partial charge is 0.321 e. The van der Waals surface area contributed by atoms with Crippen LogP contribution in [0.3, 0.4) is 0 Å². The summed E-state index contributed by atoms with van der Waals surface area (Å²) < 4.78 is 0. The molecule has 0 radical (unpaired) electrons. The number of nitrogens with one attached hydrogen (secondary N) is 1. The van der Waals surface area contributed by atoms with Crippen LogP contribution >= 0.6 is 0 Å². The highest BCUT2D eigenvalue weighted by molar-refractivity contribution is 6.23. The third-order valence-electron chi connectivity index (χ3n) is 9.42. The first-order chi connectivity index (χ1) is 23.3. The van der Waals surface area contributed by atoms with Crippen LogP contribution in [0, 0.1) is 5.92 Å². The molecule has 10 heteroatoms. The number of imide groups is 1. The van der Waals surface area contributed by atoms with E-state index in [9.17, 15) is 24.0 Å². The molecule has 7 rings (SSSR count). The summed E-state index contributed by atoms with van der Waals surface area (Å²) in [6, 6.07) is 30.4. The van der Waals surface area contributed by atoms with Crippen LogP contribution in [0.4, 0.5) is 21.9 Å². The summed E-state index contributed by atoms with van der Waals surface area (Å²) in [5.74, 6) is -1.88. The Kier molecular flexibility index (Phi) is 8.22. The van der Waals surface area contributed by atoms with Crippen LogP contribution in [-0.2, 0) is 22.7 Å². The summed E-state index contributed by atoms with van der Waals surface area (Å²) in [6.45, 7) is 0.328. The molecule has 3 aliphatic rings. The monoisotopic (exact) mass is 641 g/mol. The number of amides is 6. The van der Waals surface area contributed by atoms with Crippen molar-refractivity contribution in [2.75, 3.05) is 28.7 Å². The summed E-state index contributed by atoms with van der Waals surface area (Å²) in [7, 11) is 1.74. The number of carbonyl (C=O) groups excluding carboxylic acids is 5. The van der Waals surface area contributed by atoms with Gasteiger partial charge in [-0.2, -0.15) is 0 Å². The topological polar surface area (TPSA) is 110 Å². The Bertz CT molecular complexity index is 1880. The number of carbonyl (C=O) groups is 5. The third kappa shape index (κ3) is 5.70. The maximum Gasteiger partial charge on any atom is 0.321 e. The van der Waals surface area contributed by atoms with Gasteiger partial charge >= 0.3 is 6.03 Å². The molecule has 0 bridgehead atoms. The number of hydrogen-bond acceptors (Lipinski definition) is 5. The van der Waals surface area contributed by atoms with Crippen LogP contribution in [0.15, 0.2) is 103 Å². The van der Waals surface area contributed by atoms with Gasteiger partial charge in [0.25, 0.3) is 11.8 Å². The minimum Gasteiger partial charge on any atom is -0.323 e. The second kappa shape index (κ2) is 12.8. The van der Waals surface area contributed by atoms with Gasteiger partial charge in [0.2, 0.25) is 11.8 Å². The van der Waals surface area contributed by atoms with Crippen molar-refractivity contribution in [1.29, 1.82) is 0 Å². The first-order valence-corrected chi connectivity index (χ1v) is 16.1. The second-order valence-corrected chi connectivity index (χ2v) is 12.5. The molecule has 2 aliphatic heterocycles. The first-order valence-electron chi connectivity index (χ1n) is 16.1. The number of nitrogens with zero attached hydrogens (tertiary/aromatic N) is 4. The average molecular weight is 642 g/mol. The fourth-order valence-electron chi connectivity index (χ4n) is 7.03. The molecular weight excluding hydrogens is 606 g/mol. The van der Waals surface area contributed by atoms with Crippen molar-refractivity contribution >= 4 is 46.7 Å². The maximum absolute atomic E-state index is 14.2. The zero-order valence-electron chi connectivity index (χ0n) is 26.5. The summed E-state index contributed by atoms with van der Waals surface area (Å²) >= 11 is 0. The number of para-hydroxylation sites is 2. The van der Waals surface area contributed by atoms with Gasteiger partial charge in [-0.05, 0) is 60.4 Å². The van der Waals surface area contributed by atoms with E-state index in [0.29, 0.717) is 36.4 Å². The van der Waals surface area contributed by atoms with Gasteiger partial charge in [0, 0.05) is 25.3 Å². The maximum atomic E-state index is 14.2.